The third-order valence-electron chi connectivity index (χ3n) is 4.69. The molecule has 0 saturated carbocycles. The van der Waals surface area contributed by atoms with Gasteiger partial charge in [-0.1, -0.05) is 25.4 Å². The number of benzene rings is 1. The number of aliphatic hydroxyl groups is 1. The molecule has 3 rings (SSSR count). The van der Waals surface area contributed by atoms with Gasteiger partial charge >= 0.3 is 0 Å². The Bertz CT molecular complexity index is 567. The standard InChI is InChI=1S/C18H27ClN2O3/c1-13(2)9-21-5-4-20(11-15(21)3-6-22)10-14-7-17-18(8-16(14)19)24-12-23-17/h7-8,13,15,22H,3-6,9-12H2,1-2H3. The van der Waals surface area contributed by atoms with Gasteiger partial charge in [0, 0.05) is 56.5 Å². The molecule has 2 aliphatic heterocycles. The molecule has 1 fully saturated rings. The highest BCUT2D eigenvalue weighted by molar-refractivity contribution is 6.31. The Kier molecular flexibility index (Phi) is 5.87. The first kappa shape index (κ1) is 17.8. The van der Waals surface area contributed by atoms with Crippen LogP contribution in [0, 0.1) is 5.92 Å². The molecule has 1 unspecified atom stereocenters. The zero-order valence-corrected chi connectivity index (χ0v) is 15.3. The number of halogens is 1. The van der Waals surface area contributed by atoms with E-state index in [2.05, 4.69) is 23.6 Å². The Morgan fingerprint density at radius 3 is 2.71 bits per heavy atom. The Morgan fingerprint density at radius 2 is 2.00 bits per heavy atom. The zero-order chi connectivity index (χ0) is 17.1. The zero-order valence-electron chi connectivity index (χ0n) is 14.5. The summed E-state index contributed by atoms with van der Waals surface area (Å²) < 4.78 is 10.8. The van der Waals surface area contributed by atoms with E-state index < -0.39 is 0 Å². The lowest BCUT2D eigenvalue weighted by atomic mass is 10.1. The first-order valence-electron chi connectivity index (χ1n) is 8.72. The molecule has 0 amide bonds. The number of fused-ring (bicyclic) bond motifs is 1. The number of rotatable bonds is 6. The maximum absolute atomic E-state index is 9.40. The predicted octanol–water partition coefficient (Wildman–Crippen LogP) is 2.59. The summed E-state index contributed by atoms with van der Waals surface area (Å²) in [5, 5.41) is 10.1. The summed E-state index contributed by atoms with van der Waals surface area (Å²) in [6, 6.07) is 4.24. The van der Waals surface area contributed by atoms with Crippen LogP contribution in [0.3, 0.4) is 0 Å². The van der Waals surface area contributed by atoms with E-state index in [9.17, 15) is 5.11 Å². The minimum atomic E-state index is 0.234. The topological polar surface area (TPSA) is 45.2 Å². The molecule has 0 aliphatic carbocycles. The minimum absolute atomic E-state index is 0.234. The van der Waals surface area contributed by atoms with Crippen molar-refractivity contribution in [2.75, 3.05) is 39.6 Å². The summed E-state index contributed by atoms with van der Waals surface area (Å²) in [5.41, 5.74) is 1.07. The second kappa shape index (κ2) is 7.91. The highest BCUT2D eigenvalue weighted by atomic mass is 35.5. The Labute approximate surface area is 149 Å². The van der Waals surface area contributed by atoms with E-state index in [1.54, 1.807) is 0 Å². The molecule has 2 aliphatic rings. The fraction of sp³-hybridized carbons (Fsp3) is 0.667. The number of hydrogen-bond acceptors (Lipinski definition) is 5. The Morgan fingerprint density at radius 1 is 1.25 bits per heavy atom. The molecule has 134 valence electrons. The van der Waals surface area contributed by atoms with Crippen molar-refractivity contribution in [1.82, 2.24) is 9.80 Å². The van der Waals surface area contributed by atoms with Crippen LogP contribution in [0.4, 0.5) is 0 Å². The minimum Gasteiger partial charge on any atom is -0.454 e. The second-order valence-electron chi connectivity index (χ2n) is 7.09. The molecular formula is C18H27ClN2O3. The fourth-order valence-corrected chi connectivity index (χ4v) is 3.77. The van der Waals surface area contributed by atoms with Crippen molar-refractivity contribution in [3.8, 4) is 11.5 Å². The number of hydrogen-bond donors (Lipinski definition) is 1. The van der Waals surface area contributed by atoms with Crippen LogP contribution in [0.5, 0.6) is 11.5 Å². The van der Waals surface area contributed by atoms with Gasteiger partial charge in [0.1, 0.15) is 0 Å². The van der Waals surface area contributed by atoms with Gasteiger partial charge in [-0.2, -0.15) is 0 Å². The summed E-state index contributed by atoms with van der Waals surface area (Å²) >= 11 is 6.41. The summed E-state index contributed by atoms with van der Waals surface area (Å²) in [6.45, 7) is 9.88. The van der Waals surface area contributed by atoms with Crippen molar-refractivity contribution in [3.05, 3.63) is 22.7 Å². The SMILES string of the molecule is CC(C)CN1CCN(Cc2cc3c(cc2Cl)OCO3)CC1CCO. The molecule has 5 nitrogen and oxygen atoms in total. The molecule has 0 bridgehead atoms. The third kappa shape index (κ3) is 4.14. The number of ether oxygens (including phenoxy) is 2. The molecule has 24 heavy (non-hydrogen) atoms. The van der Waals surface area contributed by atoms with Gasteiger partial charge in [-0.15, -0.1) is 0 Å². The molecule has 0 aromatic heterocycles. The maximum atomic E-state index is 9.40. The van der Waals surface area contributed by atoms with Gasteiger partial charge in [0.25, 0.3) is 0 Å². The lowest BCUT2D eigenvalue weighted by Gasteiger charge is -2.42. The number of aliphatic hydroxyl groups excluding tert-OH is 1. The van der Waals surface area contributed by atoms with Gasteiger partial charge in [0.05, 0.1) is 0 Å². The number of piperazine rings is 1. The molecule has 1 atom stereocenters. The first-order valence-corrected chi connectivity index (χ1v) is 9.10. The van der Waals surface area contributed by atoms with Gasteiger partial charge in [-0.3, -0.25) is 9.80 Å². The van der Waals surface area contributed by atoms with E-state index in [4.69, 9.17) is 21.1 Å². The van der Waals surface area contributed by atoms with E-state index in [0.717, 1.165) is 61.2 Å². The van der Waals surface area contributed by atoms with Crippen LogP contribution < -0.4 is 9.47 Å². The molecule has 1 saturated heterocycles. The average molecular weight is 355 g/mol. The molecule has 1 N–H and O–H groups in total. The first-order chi connectivity index (χ1) is 11.6. The van der Waals surface area contributed by atoms with E-state index in [1.165, 1.54) is 0 Å². The van der Waals surface area contributed by atoms with Crippen molar-refractivity contribution in [2.24, 2.45) is 5.92 Å². The largest absolute Gasteiger partial charge is 0.454 e. The van der Waals surface area contributed by atoms with Crippen LogP contribution in [0.1, 0.15) is 25.8 Å². The van der Waals surface area contributed by atoms with E-state index in [-0.39, 0.29) is 13.4 Å². The molecule has 1 aromatic rings. The molecule has 0 radical (unpaired) electrons. The Hall–Kier alpha value is -1.01. The second-order valence-corrected chi connectivity index (χ2v) is 7.49. The van der Waals surface area contributed by atoms with Gasteiger partial charge in [-0.25, -0.2) is 0 Å². The van der Waals surface area contributed by atoms with Crippen LogP contribution in [0.25, 0.3) is 0 Å². The molecule has 0 spiro atoms. The van der Waals surface area contributed by atoms with Gasteiger partial charge in [0.2, 0.25) is 6.79 Å². The normalized spacial score (nSPS) is 21.6. The van der Waals surface area contributed by atoms with Crippen molar-refractivity contribution >= 4 is 11.6 Å². The number of nitrogens with zero attached hydrogens (tertiary/aromatic N) is 2. The summed E-state index contributed by atoms with van der Waals surface area (Å²) in [6.07, 6.45) is 0.818. The highest BCUT2D eigenvalue weighted by Crippen LogP contribution is 2.37. The quantitative estimate of drug-likeness (QED) is 0.850. The van der Waals surface area contributed by atoms with Crippen LogP contribution in [-0.4, -0.2) is 60.5 Å². The van der Waals surface area contributed by atoms with Crippen LogP contribution in [0.2, 0.25) is 5.02 Å². The Balaban J connectivity index is 1.66. The third-order valence-corrected chi connectivity index (χ3v) is 5.04. The smallest absolute Gasteiger partial charge is 0.231 e. The van der Waals surface area contributed by atoms with Crippen LogP contribution in [-0.2, 0) is 6.54 Å². The summed E-state index contributed by atoms with van der Waals surface area (Å²) in [5.74, 6) is 2.14. The van der Waals surface area contributed by atoms with Gasteiger partial charge in [-0.05, 0) is 24.0 Å². The summed E-state index contributed by atoms with van der Waals surface area (Å²) in [7, 11) is 0. The van der Waals surface area contributed by atoms with Crippen molar-refractivity contribution < 1.29 is 14.6 Å². The van der Waals surface area contributed by atoms with E-state index >= 15 is 0 Å². The van der Waals surface area contributed by atoms with E-state index in [0.29, 0.717) is 12.0 Å². The molecule has 2 heterocycles. The van der Waals surface area contributed by atoms with Crippen molar-refractivity contribution in [1.29, 1.82) is 0 Å². The fourth-order valence-electron chi connectivity index (χ4n) is 3.55. The van der Waals surface area contributed by atoms with Gasteiger partial charge < -0.3 is 14.6 Å². The van der Waals surface area contributed by atoms with Crippen LogP contribution >= 0.6 is 11.6 Å². The maximum Gasteiger partial charge on any atom is 0.231 e. The highest BCUT2D eigenvalue weighted by Gasteiger charge is 2.27. The van der Waals surface area contributed by atoms with Gasteiger partial charge in [0.15, 0.2) is 11.5 Å². The van der Waals surface area contributed by atoms with E-state index in [1.807, 2.05) is 12.1 Å². The van der Waals surface area contributed by atoms with Crippen molar-refractivity contribution in [2.45, 2.75) is 32.9 Å². The average Bonchev–Trinajstić information content (AvgIpc) is 2.97. The lowest BCUT2D eigenvalue weighted by Crippen LogP contribution is -2.53. The monoisotopic (exact) mass is 354 g/mol. The molecular weight excluding hydrogens is 328 g/mol. The molecule has 6 heteroatoms. The van der Waals surface area contributed by atoms with Crippen LogP contribution in [0.15, 0.2) is 12.1 Å². The lowest BCUT2D eigenvalue weighted by molar-refractivity contribution is 0.0477. The molecule has 1 aromatic carbocycles. The predicted molar refractivity (Wildman–Crippen MR) is 94.8 cm³/mol. The summed E-state index contributed by atoms with van der Waals surface area (Å²) in [4.78, 5) is 4.93. The van der Waals surface area contributed by atoms with Crippen molar-refractivity contribution in [3.63, 3.8) is 0 Å².